The number of hydrogen-bond donors (Lipinski definition) is 3. The van der Waals surface area contributed by atoms with E-state index in [9.17, 15) is 9.59 Å². The fourth-order valence-corrected chi connectivity index (χ4v) is 2.77. The molecule has 0 radical (unpaired) electrons. The molecule has 154 valence electrons. The second kappa shape index (κ2) is 11.2. The lowest BCUT2D eigenvalue weighted by Gasteiger charge is -2.15. The molecule has 2 aromatic rings. The Kier molecular flexibility index (Phi) is 8.61. The van der Waals surface area contributed by atoms with Crippen LogP contribution >= 0.6 is 12.2 Å². The van der Waals surface area contributed by atoms with Crippen LogP contribution in [0.25, 0.3) is 0 Å². The highest BCUT2D eigenvalue weighted by Crippen LogP contribution is 2.19. The molecule has 3 N–H and O–H groups in total. The van der Waals surface area contributed by atoms with Gasteiger partial charge in [-0.2, -0.15) is 0 Å². The zero-order valence-corrected chi connectivity index (χ0v) is 17.8. The van der Waals surface area contributed by atoms with Gasteiger partial charge in [0, 0.05) is 17.8 Å². The van der Waals surface area contributed by atoms with E-state index in [4.69, 9.17) is 17.0 Å². The second-order valence-electron chi connectivity index (χ2n) is 6.76. The average molecular weight is 414 g/mol. The molecule has 0 atom stereocenters. The standard InChI is InChI=1S/C22H27N3O3S/c1-4-5-13-23-20(26)16-9-8-10-17(14-16)24-22(29)25-21(27)18-11-6-7-12-19(18)28-15(2)3/h6-12,14-15H,4-5,13H2,1-3H3,(H,23,26)(H2,24,25,27,29). The number of carbonyl (C=O) groups is 2. The van der Waals surface area contributed by atoms with Crippen LogP contribution in [0, 0.1) is 0 Å². The summed E-state index contributed by atoms with van der Waals surface area (Å²) in [6.45, 7) is 6.50. The maximum Gasteiger partial charge on any atom is 0.261 e. The van der Waals surface area contributed by atoms with E-state index in [1.807, 2.05) is 19.9 Å². The number of thiocarbonyl (C=S) groups is 1. The maximum absolute atomic E-state index is 12.6. The van der Waals surface area contributed by atoms with Gasteiger partial charge in [0.2, 0.25) is 0 Å². The lowest BCUT2D eigenvalue weighted by atomic mass is 10.2. The van der Waals surface area contributed by atoms with Gasteiger partial charge in [0.15, 0.2) is 5.11 Å². The first-order valence-electron chi connectivity index (χ1n) is 9.67. The van der Waals surface area contributed by atoms with E-state index in [1.165, 1.54) is 0 Å². The molecule has 0 heterocycles. The van der Waals surface area contributed by atoms with E-state index in [0.29, 0.717) is 29.1 Å². The minimum atomic E-state index is -0.368. The van der Waals surface area contributed by atoms with Crippen molar-refractivity contribution in [3.8, 4) is 5.75 Å². The monoisotopic (exact) mass is 413 g/mol. The number of hydrogen-bond acceptors (Lipinski definition) is 4. The summed E-state index contributed by atoms with van der Waals surface area (Å²) < 4.78 is 5.68. The number of carbonyl (C=O) groups excluding carboxylic acids is 2. The number of nitrogens with one attached hydrogen (secondary N) is 3. The lowest BCUT2D eigenvalue weighted by Crippen LogP contribution is -2.34. The second-order valence-corrected chi connectivity index (χ2v) is 7.17. The topological polar surface area (TPSA) is 79.5 Å². The molecule has 0 bridgehead atoms. The van der Waals surface area contributed by atoms with Crippen LogP contribution in [0.1, 0.15) is 54.3 Å². The number of ether oxygens (including phenoxy) is 1. The molecule has 0 spiro atoms. The number of rotatable bonds is 8. The van der Waals surface area contributed by atoms with E-state index >= 15 is 0 Å². The Morgan fingerprint density at radius 1 is 1.07 bits per heavy atom. The van der Waals surface area contributed by atoms with Crippen LogP contribution in [0.5, 0.6) is 5.75 Å². The molecule has 0 aromatic heterocycles. The van der Waals surface area contributed by atoms with Crippen LogP contribution in [-0.2, 0) is 0 Å². The van der Waals surface area contributed by atoms with Gasteiger partial charge in [0.05, 0.1) is 11.7 Å². The molecule has 0 unspecified atom stereocenters. The van der Waals surface area contributed by atoms with Gasteiger partial charge in [-0.1, -0.05) is 31.5 Å². The molecule has 0 saturated heterocycles. The summed E-state index contributed by atoms with van der Waals surface area (Å²) in [6, 6.07) is 13.9. The third-order valence-corrected chi connectivity index (χ3v) is 4.12. The number of unbranched alkanes of at least 4 members (excludes halogenated alkanes) is 1. The molecule has 29 heavy (non-hydrogen) atoms. The fourth-order valence-electron chi connectivity index (χ4n) is 2.56. The highest BCUT2D eigenvalue weighted by Gasteiger charge is 2.15. The Bertz CT molecular complexity index is 868. The van der Waals surface area contributed by atoms with Crippen LogP contribution < -0.4 is 20.7 Å². The van der Waals surface area contributed by atoms with E-state index < -0.39 is 0 Å². The number of amides is 2. The van der Waals surface area contributed by atoms with Crippen molar-refractivity contribution in [3.63, 3.8) is 0 Å². The van der Waals surface area contributed by atoms with Crippen molar-refractivity contribution in [1.82, 2.24) is 10.6 Å². The van der Waals surface area contributed by atoms with Crippen LogP contribution in [0.2, 0.25) is 0 Å². The van der Waals surface area contributed by atoms with Gasteiger partial charge in [-0.05, 0) is 62.8 Å². The summed E-state index contributed by atoms with van der Waals surface area (Å²) in [5.41, 5.74) is 1.54. The molecule has 7 heteroatoms. The highest BCUT2D eigenvalue weighted by molar-refractivity contribution is 7.80. The molecule has 0 aliphatic heterocycles. The van der Waals surface area contributed by atoms with Crippen molar-refractivity contribution in [2.24, 2.45) is 0 Å². The Balaban J connectivity index is 2.00. The minimum absolute atomic E-state index is 0.0553. The van der Waals surface area contributed by atoms with Crippen LogP contribution in [0.3, 0.4) is 0 Å². The van der Waals surface area contributed by atoms with E-state index in [1.54, 1.807) is 42.5 Å². The summed E-state index contributed by atoms with van der Waals surface area (Å²) in [5.74, 6) is -0.0161. The normalized spacial score (nSPS) is 10.3. The largest absolute Gasteiger partial charge is 0.490 e. The first-order chi connectivity index (χ1) is 13.9. The van der Waals surface area contributed by atoms with E-state index in [0.717, 1.165) is 12.8 Å². The number of benzene rings is 2. The van der Waals surface area contributed by atoms with Crippen molar-refractivity contribution >= 4 is 34.8 Å². The summed E-state index contributed by atoms with van der Waals surface area (Å²) in [7, 11) is 0. The maximum atomic E-state index is 12.6. The van der Waals surface area contributed by atoms with E-state index in [2.05, 4.69) is 22.9 Å². The number of anilines is 1. The Morgan fingerprint density at radius 2 is 1.83 bits per heavy atom. The molecule has 0 aliphatic rings. The van der Waals surface area contributed by atoms with E-state index in [-0.39, 0.29) is 23.0 Å². The molecule has 2 amide bonds. The third kappa shape index (κ3) is 7.19. The minimum Gasteiger partial charge on any atom is -0.490 e. The highest BCUT2D eigenvalue weighted by atomic mass is 32.1. The summed E-state index contributed by atoms with van der Waals surface area (Å²) >= 11 is 5.25. The summed E-state index contributed by atoms with van der Waals surface area (Å²) in [4.78, 5) is 24.8. The van der Waals surface area contributed by atoms with Crippen LogP contribution in [0.4, 0.5) is 5.69 Å². The zero-order chi connectivity index (χ0) is 21.2. The van der Waals surface area contributed by atoms with Gasteiger partial charge < -0.3 is 15.4 Å². The summed E-state index contributed by atoms with van der Waals surface area (Å²) in [6.07, 6.45) is 1.89. The summed E-state index contributed by atoms with van der Waals surface area (Å²) in [5, 5.41) is 8.60. The van der Waals surface area contributed by atoms with Crippen LogP contribution in [-0.4, -0.2) is 29.6 Å². The van der Waals surface area contributed by atoms with Crippen LogP contribution in [0.15, 0.2) is 48.5 Å². The Hall–Kier alpha value is -2.93. The predicted molar refractivity (Wildman–Crippen MR) is 120 cm³/mol. The first kappa shape index (κ1) is 22.4. The third-order valence-electron chi connectivity index (χ3n) is 3.92. The van der Waals surface area contributed by atoms with Gasteiger partial charge in [0.25, 0.3) is 11.8 Å². The molecular weight excluding hydrogens is 386 g/mol. The fraction of sp³-hybridized carbons (Fsp3) is 0.318. The van der Waals surface area contributed by atoms with Crippen molar-refractivity contribution in [2.75, 3.05) is 11.9 Å². The van der Waals surface area contributed by atoms with Gasteiger partial charge >= 0.3 is 0 Å². The molecule has 0 fully saturated rings. The van der Waals surface area contributed by atoms with Crippen molar-refractivity contribution < 1.29 is 14.3 Å². The molecule has 2 rings (SSSR count). The SMILES string of the molecule is CCCCNC(=O)c1cccc(NC(=S)NC(=O)c2ccccc2OC(C)C)c1. The van der Waals surface area contributed by atoms with Gasteiger partial charge in [-0.15, -0.1) is 0 Å². The molecule has 0 saturated carbocycles. The Labute approximate surface area is 177 Å². The number of para-hydroxylation sites is 1. The molecule has 6 nitrogen and oxygen atoms in total. The average Bonchev–Trinajstić information content (AvgIpc) is 2.68. The van der Waals surface area contributed by atoms with Gasteiger partial charge in [0.1, 0.15) is 5.75 Å². The first-order valence-corrected chi connectivity index (χ1v) is 10.1. The lowest BCUT2D eigenvalue weighted by molar-refractivity contribution is 0.0949. The predicted octanol–water partition coefficient (Wildman–Crippen LogP) is 4.13. The van der Waals surface area contributed by atoms with Crippen molar-refractivity contribution in [3.05, 3.63) is 59.7 Å². The van der Waals surface area contributed by atoms with Gasteiger partial charge in [-0.3, -0.25) is 14.9 Å². The van der Waals surface area contributed by atoms with Crippen molar-refractivity contribution in [1.29, 1.82) is 0 Å². The molecular formula is C22H27N3O3S. The smallest absolute Gasteiger partial charge is 0.261 e. The van der Waals surface area contributed by atoms with Crippen molar-refractivity contribution in [2.45, 2.75) is 39.7 Å². The molecule has 2 aromatic carbocycles. The molecule has 0 aliphatic carbocycles. The Morgan fingerprint density at radius 3 is 2.55 bits per heavy atom. The quantitative estimate of drug-likeness (QED) is 0.448. The van der Waals surface area contributed by atoms with Gasteiger partial charge in [-0.25, -0.2) is 0 Å². The zero-order valence-electron chi connectivity index (χ0n) is 17.0.